The second kappa shape index (κ2) is 6.57. The van der Waals surface area contributed by atoms with Crippen molar-refractivity contribution in [1.82, 2.24) is 9.88 Å². The number of hydrogen-bond donors (Lipinski definition) is 1. The number of hydrogen-bond acceptors (Lipinski definition) is 3. The fourth-order valence-corrected chi connectivity index (χ4v) is 3.65. The molecule has 2 aromatic rings. The van der Waals surface area contributed by atoms with E-state index >= 15 is 0 Å². The molecule has 5 heteroatoms. The molecular weight excluding hydrogens is 354 g/mol. The van der Waals surface area contributed by atoms with Crippen molar-refractivity contribution < 1.29 is 4.79 Å². The molecule has 0 unspecified atom stereocenters. The lowest BCUT2D eigenvalue weighted by Crippen LogP contribution is -2.45. The van der Waals surface area contributed by atoms with E-state index in [1.54, 1.807) is 0 Å². The predicted octanol–water partition coefficient (Wildman–Crippen LogP) is 3.51. The van der Waals surface area contributed by atoms with Gasteiger partial charge in [-0.25, -0.2) is 0 Å². The summed E-state index contributed by atoms with van der Waals surface area (Å²) in [6.45, 7) is 5.51. The first-order valence-electron chi connectivity index (χ1n) is 8.07. The SMILES string of the molecule is Cc1cc(C(=O)N2CCC[C@H]([C@H](C)N)C2)c2ccc(Br)cc2n1. The molecule has 122 valence electrons. The van der Waals surface area contributed by atoms with E-state index in [1.165, 1.54) is 0 Å². The number of amides is 1. The Morgan fingerprint density at radius 3 is 2.96 bits per heavy atom. The normalized spacial score (nSPS) is 19.8. The Balaban J connectivity index is 1.97. The molecule has 1 saturated heterocycles. The minimum atomic E-state index is 0.0909. The van der Waals surface area contributed by atoms with Gasteiger partial charge in [-0.15, -0.1) is 0 Å². The molecule has 23 heavy (non-hydrogen) atoms. The van der Waals surface area contributed by atoms with E-state index in [2.05, 4.69) is 20.9 Å². The molecule has 4 nitrogen and oxygen atoms in total. The van der Waals surface area contributed by atoms with Crippen LogP contribution in [0.1, 0.15) is 35.8 Å². The summed E-state index contributed by atoms with van der Waals surface area (Å²) in [5.41, 5.74) is 8.50. The zero-order valence-electron chi connectivity index (χ0n) is 13.6. The molecule has 0 aliphatic carbocycles. The molecule has 0 saturated carbocycles. The topological polar surface area (TPSA) is 59.2 Å². The van der Waals surface area contributed by atoms with Crippen LogP contribution in [-0.4, -0.2) is 34.9 Å². The molecule has 1 fully saturated rings. The van der Waals surface area contributed by atoms with Gasteiger partial charge in [-0.2, -0.15) is 0 Å². The van der Waals surface area contributed by atoms with E-state index < -0.39 is 0 Å². The maximum Gasteiger partial charge on any atom is 0.254 e. The molecule has 1 amide bonds. The van der Waals surface area contributed by atoms with Crippen LogP contribution in [0, 0.1) is 12.8 Å². The van der Waals surface area contributed by atoms with Gasteiger partial charge in [0, 0.05) is 34.7 Å². The van der Waals surface area contributed by atoms with Crippen LogP contribution in [0.2, 0.25) is 0 Å². The maximum absolute atomic E-state index is 13.1. The van der Waals surface area contributed by atoms with Gasteiger partial charge >= 0.3 is 0 Å². The fraction of sp³-hybridized carbons (Fsp3) is 0.444. The number of carbonyl (C=O) groups excluding carboxylic acids is 1. The maximum atomic E-state index is 13.1. The second-order valence-corrected chi connectivity index (χ2v) is 7.40. The molecule has 1 aliphatic heterocycles. The Labute approximate surface area is 145 Å². The van der Waals surface area contributed by atoms with E-state index in [1.807, 2.05) is 43.0 Å². The van der Waals surface area contributed by atoms with Gasteiger partial charge in [0.15, 0.2) is 0 Å². The van der Waals surface area contributed by atoms with E-state index in [4.69, 9.17) is 5.73 Å². The summed E-state index contributed by atoms with van der Waals surface area (Å²) in [5.74, 6) is 0.476. The average Bonchev–Trinajstić information content (AvgIpc) is 2.53. The van der Waals surface area contributed by atoms with Crippen molar-refractivity contribution in [2.45, 2.75) is 32.7 Å². The summed E-state index contributed by atoms with van der Waals surface area (Å²) in [5, 5.41) is 0.909. The van der Waals surface area contributed by atoms with Gasteiger partial charge in [0.25, 0.3) is 5.91 Å². The van der Waals surface area contributed by atoms with E-state index in [0.717, 1.165) is 52.6 Å². The highest BCUT2D eigenvalue weighted by atomic mass is 79.9. The average molecular weight is 376 g/mol. The Hall–Kier alpha value is -1.46. The van der Waals surface area contributed by atoms with Crippen LogP contribution in [0.4, 0.5) is 0 Å². The number of aromatic nitrogens is 1. The van der Waals surface area contributed by atoms with Crippen LogP contribution in [0.5, 0.6) is 0 Å². The van der Waals surface area contributed by atoms with Crippen molar-refractivity contribution in [1.29, 1.82) is 0 Å². The number of piperidine rings is 1. The third-order valence-corrected chi connectivity index (χ3v) is 5.11. The summed E-state index contributed by atoms with van der Waals surface area (Å²) in [6.07, 6.45) is 2.12. The third kappa shape index (κ3) is 3.40. The number of benzene rings is 1. The molecule has 1 aromatic carbocycles. The number of fused-ring (bicyclic) bond motifs is 1. The van der Waals surface area contributed by atoms with Crippen molar-refractivity contribution in [3.8, 4) is 0 Å². The number of nitrogens with two attached hydrogens (primary N) is 1. The van der Waals surface area contributed by atoms with Gasteiger partial charge in [-0.3, -0.25) is 9.78 Å². The van der Waals surface area contributed by atoms with Crippen LogP contribution in [-0.2, 0) is 0 Å². The number of halogens is 1. The summed E-state index contributed by atoms with van der Waals surface area (Å²) in [4.78, 5) is 19.6. The van der Waals surface area contributed by atoms with Crippen LogP contribution in [0.3, 0.4) is 0 Å². The minimum absolute atomic E-state index is 0.0909. The van der Waals surface area contributed by atoms with Gasteiger partial charge in [0.1, 0.15) is 0 Å². The van der Waals surface area contributed by atoms with E-state index in [0.29, 0.717) is 5.92 Å². The zero-order chi connectivity index (χ0) is 16.6. The smallest absolute Gasteiger partial charge is 0.254 e. The van der Waals surface area contributed by atoms with Gasteiger partial charge in [0.2, 0.25) is 0 Å². The minimum Gasteiger partial charge on any atom is -0.338 e. The zero-order valence-corrected chi connectivity index (χ0v) is 15.1. The number of carbonyl (C=O) groups is 1. The molecule has 0 bridgehead atoms. The quantitative estimate of drug-likeness (QED) is 0.873. The molecule has 2 N–H and O–H groups in total. The Bertz CT molecular complexity index is 739. The summed E-state index contributed by atoms with van der Waals surface area (Å²) in [6, 6.07) is 7.90. The van der Waals surface area contributed by atoms with Crippen molar-refractivity contribution in [3.63, 3.8) is 0 Å². The lowest BCUT2D eigenvalue weighted by molar-refractivity contribution is 0.0663. The monoisotopic (exact) mass is 375 g/mol. The van der Waals surface area contributed by atoms with Gasteiger partial charge in [-0.05, 0) is 50.8 Å². The molecule has 0 radical (unpaired) electrons. The Morgan fingerprint density at radius 1 is 1.43 bits per heavy atom. The van der Waals surface area contributed by atoms with Crippen LogP contribution >= 0.6 is 15.9 Å². The first-order chi connectivity index (χ1) is 11.0. The molecular formula is C18H22BrN3O. The third-order valence-electron chi connectivity index (χ3n) is 4.62. The van der Waals surface area contributed by atoms with Crippen molar-refractivity contribution >= 4 is 32.7 Å². The summed E-state index contributed by atoms with van der Waals surface area (Å²) in [7, 11) is 0. The van der Waals surface area contributed by atoms with Gasteiger partial charge in [-0.1, -0.05) is 22.0 Å². The van der Waals surface area contributed by atoms with E-state index in [9.17, 15) is 4.79 Å². The molecule has 2 atom stereocenters. The highest BCUT2D eigenvalue weighted by molar-refractivity contribution is 9.10. The number of likely N-dealkylation sites (tertiary alicyclic amines) is 1. The predicted molar refractivity (Wildman–Crippen MR) is 96.5 cm³/mol. The lowest BCUT2D eigenvalue weighted by atomic mass is 9.91. The highest BCUT2D eigenvalue weighted by Gasteiger charge is 2.27. The first kappa shape index (κ1) is 16.4. The Morgan fingerprint density at radius 2 is 2.22 bits per heavy atom. The van der Waals surface area contributed by atoms with Crippen LogP contribution in [0.25, 0.3) is 10.9 Å². The number of pyridine rings is 1. The number of aryl methyl sites for hydroxylation is 1. The number of rotatable bonds is 2. The van der Waals surface area contributed by atoms with Gasteiger partial charge < -0.3 is 10.6 Å². The molecule has 2 heterocycles. The number of nitrogens with zero attached hydrogens (tertiary/aromatic N) is 2. The highest BCUT2D eigenvalue weighted by Crippen LogP contribution is 2.26. The second-order valence-electron chi connectivity index (χ2n) is 6.49. The van der Waals surface area contributed by atoms with E-state index in [-0.39, 0.29) is 11.9 Å². The van der Waals surface area contributed by atoms with Crippen molar-refractivity contribution in [3.05, 3.63) is 40.0 Å². The van der Waals surface area contributed by atoms with Gasteiger partial charge in [0.05, 0.1) is 11.1 Å². The molecule has 1 aliphatic rings. The van der Waals surface area contributed by atoms with Crippen LogP contribution in [0.15, 0.2) is 28.7 Å². The Kier molecular flexibility index (Phi) is 4.69. The van der Waals surface area contributed by atoms with Crippen molar-refractivity contribution in [2.24, 2.45) is 11.7 Å². The molecule has 1 aromatic heterocycles. The van der Waals surface area contributed by atoms with Crippen molar-refractivity contribution in [2.75, 3.05) is 13.1 Å². The largest absolute Gasteiger partial charge is 0.338 e. The van der Waals surface area contributed by atoms with Crippen LogP contribution < -0.4 is 5.73 Å². The lowest BCUT2D eigenvalue weighted by Gasteiger charge is -2.35. The fourth-order valence-electron chi connectivity index (χ4n) is 3.30. The standard InChI is InChI=1S/C18H22BrN3O/c1-11-8-16(15-6-5-14(19)9-17(15)21-11)18(23)22-7-3-4-13(10-22)12(2)20/h5-6,8-9,12-13H,3-4,7,10,20H2,1-2H3/t12-,13-/m0/s1. The molecule has 0 spiro atoms. The summed E-state index contributed by atoms with van der Waals surface area (Å²) < 4.78 is 0.969. The first-order valence-corrected chi connectivity index (χ1v) is 8.87. The molecule has 3 rings (SSSR count). The summed E-state index contributed by atoms with van der Waals surface area (Å²) >= 11 is 3.47.